The molecule has 29 heavy (non-hydrogen) atoms. The van der Waals surface area contributed by atoms with Crippen molar-refractivity contribution in [2.75, 3.05) is 0 Å². The molecule has 1 unspecified atom stereocenters. The standard InChI is InChI=1S/C21H31ClN4O2Si/c1-12-8-7-9-13-14(12)17(27)18(28-29(5,6)21(2,3)4)16(13)26-11-25-15-19(22)23-10-24-20(15)26/h9-12,14,16-18,27H,7-8H2,1-6H3/t12-,14+,16-,17-,18?/m1/s1. The van der Waals surface area contributed by atoms with E-state index in [0.29, 0.717) is 22.2 Å². The lowest BCUT2D eigenvalue weighted by Crippen LogP contribution is -2.48. The Morgan fingerprint density at radius 3 is 2.66 bits per heavy atom. The van der Waals surface area contributed by atoms with Crippen LogP contribution in [0.3, 0.4) is 0 Å². The molecule has 2 aromatic rings. The number of fused-ring (bicyclic) bond motifs is 2. The molecule has 1 fully saturated rings. The van der Waals surface area contributed by atoms with Gasteiger partial charge in [0.2, 0.25) is 0 Å². The summed E-state index contributed by atoms with van der Waals surface area (Å²) >= 11 is 6.25. The molecular formula is C21H31ClN4O2Si. The van der Waals surface area contributed by atoms with Gasteiger partial charge in [-0.1, -0.05) is 45.4 Å². The number of imidazole rings is 1. The van der Waals surface area contributed by atoms with Crippen LogP contribution in [-0.2, 0) is 4.43 Å². The summed E-state index contributed by atoms with van der Waals surface area (Å²) in [5, 5.41) is 11.8. The summed E-state index contributed by atoms with van der Waals surface area (Å²) in [6.07, 6.45) is 6.75. The highest BCUT2D eigenvalue weighted by molar-refractivity contribution is 6.74. The number of rotatable bonds is 3. The molecule has 6 nitrogen and oxygen atoms in total. The number of aliphatic hydroxyl groups is 1. The Morgan fingerprint density at radius 1 is 1.24 bits per heavy atom. The number of aliphatic hydroxyl groups excluding tert-OH is 1. The van der Waals surface area contributed by atoms with E-state index in [-0.39, 0.29) is 23.1 Å². The smallest absolute Gasteiger partial charge is 0.192 e. The van der Waals surface area contributed by atoms with Crippen molar-refractivity contribution < 1.29 is 9.53 Å². The second kappa shape index (κ2) is 7.15. The zero-order valence-corrected chi connectivity index (χ0v) is 19.8. The van der Waals surface area contributed by atoms with E-state index in [1.165, 1.54) is 11.9 Å². The van der Waals surface area contributed by atoms with E-state index in [1.807, 2.05) is 4.57 Å². The van der Waals surface area contributed by atoms with Gasteiger partial charge in [0.25, 0.3) is 0 Å². The first kappa shape index (κ1) is 21.0. The maximum absolute atomic E-state index is 11.4. The lowest BCUT2D eigenvalue weighted by molar-refractivity contribution is 0.00365. The van der Waals surface area contributed by atoms with Crippen LogP contribution in [0.15, 0.2) is 24.3 Å². The zero-order valence-electron chi connectivity index (χ0n) is 18.1. The lowest BCUT2D eigenvalue weighted by atomic mass is 9.79. The van der Waals surface area contributed by atoms with E-state index >= 15 is 0 Å². The molecule has 0 radical (unpaired) electrons. The molecule has 2 aliphatic carbocycles. The third-order valence-corrected chi connectivity index (χ3v) is 12.0. The van der Waals surface area contributed by atoms with Gasteiger partial charge in [0.15, 0.2) is 19.1 Å². The maximum Gasteiger partial charge on any atom is 0.192 e. The summed E-state index contributed by atoms with van der Waals surface area (Å²) < 4.78 is 8.89. The molecule has 0 aromatic carbocycles. The Bertz CT molecular complexity index is 952. The van der Waals surface area contributed by atoms with E-state index in [1.54, 1.807) is 6.33 Å². The van der Waals surface area contributed by atoms with E-state index in [4.69, 9.17) is 16.0 Å². The van der Waals surface area contributed by atoms with E-state index < -0.39 is 14.4 Å². The van der Waals surface area contributed by atoms with E-state index in [9.17, 15) is 5.11 Å². The van der Waals surface area contributed by atoms with Crippen LogP contribution < -0.4 is 0 Å². The highest BCUT2D eigenvalue weighted by Crippen LogP contribution is 2.51. The molecule has 5 atom stereocenters. The Kier molecular flexibility index (Phi) is 5.17. The SMILES string of the molecule is C[C@@H]1CCC=C2[C@H]1[C@@H](O)C(O[Si](C)(C)C(C)(C)C)[C@@H]2n1cnc2c(Cl)ncnc21. The van der Waals surface area contributed by atoms with Gasteiger partial charge in [-0.15, -0.1) is 0 Å². The molecule has 0 aliphatic heterocycles. The average Bonchev–Trinajstić information content (AvgIpc) is 3.15. The molecule has 2 aromatic heterocycles. The van der Waals surface area contributed by atoms with Gasteiger partial charge in [0, 0.05) is 5.92 Å². The Hall–Kier alpha value is -1.28. The molecule has 0 saturated heterocycles. The minimum atomic E-state index is -2.11. The Morgan fingerprint density at radius 2 is 1.97 bits per heavy atom. The Balaban J connectivity index is 1.85. The fourth-order valence-electron chi connectivity index (χ4n) is 4.59. The predicted octanol–water partition coefficient (Wildman–Crippen LogP) is 4.76. The molecule has 4 rings (SSSR count). The minimum Gasteiger partial charge on any atom is -0.409 e. The van der Waals surface area contributed by atoms with Gasteiger partial charge in [-0.25, -0.2) is 15.0 Å². The average molecular weight is 435 g/mol. The normalized spacial score (nSPS) is 30.5. The van der Waals surface area contributed by atoms with Gasteiger partial charge in [-0.3, -0.25) is 0 Å². The van der Waals surface area contributed by atoms with Crippen LogP contribution in [0, 0.1) is 11.8 Å². The van der Waals surface area contributed by atoms with Gasteiger partial charge in [-0.2, -0.15) is 0 Å². The summed E-state index contributed by atoms with van der Waals surface area (Å²) in [5.74, 6) is 0.506. The van der Waals surface area contributed by atoms with Crippen molar-refractivity contribution in [2.24, 2.45) is 11.8 Å². The van der Waals surface area contributed by atoms with Crippen molar-refractivity contribution >= 4 is 31.1 Å². The molecule has 8 heteroatoms. The first-order chi connectivity index (χ1) is 13.5. The van der Waals surface area contributed by atoms with Gasteiger partial charge in [0.1, 0.15) is 11.8 Å². The van der Waals surface area contributed by atoms with E-state index in [2.05, 4.69) is 61.8 Å². The van der Waals surface area contributed by atoms with Crippen molar-refractivity contribution in [3.05, 3.63) is 29.5 Å². The number of nitrogens with zero attached hydrogens (tertiary/aromatic N) is 4. The summed E-state index contributed by atoms with van der Waals surface area (Å²) in [6, 6.07) is -0.136. The van der Waals surface area contributed by atoms with Gasteiger partial charge < -0.3 is 14.1 Å². The fraction of sp³-hybridized carbons (Fsp3) is 0.667. The highest BCUT2D eigenvalue weighted by Gasteiger charge is 2.53. The molecule has 0 spiro atoms. The number of allylic oxidation sites excluding steroid dienone is 1. The first-order valence-corrected chi connectivity index (χ1v) is 13.7. The third kappa shape index (κ3) is 3.36. The predicted molar refractivity (Wildman–Crippen MR) is 117 cm³/mol. The molecule has 2 aliphatic rings. The van der Waals surface area contributed by atoms with Gasteiger partial charge in [-0.05, 0) is 42.5 Å². The van der Waals surface area contributed by atoms with Crippen LogP contribution in [0.4, 0.5) is 0 Å². The molecule has 0 amide bonds. The zero-order chi connectivity index (χ0) is 21.1. The quantitative estimate of drug-likeness (QED) is 0.428. The highest BCUT2D eigenvalue weighted by atomic mass is 35.5. The van der Waals surface area contributed by atoms with Crippen LogP contribution in [0.5, 0.6) is 0 Å². The molecule has 1 saturated carbocycles. The van der Waals surface area contributed by atoms with Gasteiger partial charge >= 0.3 is 0 Å². The summed E-state index contributed by atoms with van der Waals surface area (Å²) in [6.45, 7) is 13.4. The van der Waals surface area contributed by atoms with Crippen LogP contribution in [0.2, 0.25) is 23.3 Å². The van der Waals surface area contributed by atoms with Crippen molar-refractivity contribution in [1.29, 1.82) is 0 Å². The summed E-state index contributed by atoms with van der Waals surface area (Å²) in [7, 11) is -2.11. The summed E-state index contributed by atoms with van der Waals surface area (Å²) in [4.78, 5) is 13.0. The third-order valence-electron chi connectivity index (χ3n) is 7.21. The lowest BCUT2D eigenvalue weighted by Gasteiger charge is -2.40. The van der Waals surface area contributed by atoms with Crippen LogP contribution >= 0.6 is 11.6 Å². The number of hydrogen-bond donors (Lipinski definition) is 1. The number of aromatic nitrogens is 4. The molecular weight excluding hydrogens is 404 g/mol. The van der Waals surface area contributed by atoms with Crippen molar-refractivity contribution in [3.8, 4) is 0 Å². The monoisotopic (exact) mass is 434 g/mol. The van der Waals surface area contributed by atoms with Crippen molar-refractivity contribution in [2.45, 2.75) is 76.9 Å². The second-order valence-corrected chi connectivity index (χ2v) is 15.2. The van der Waals surface area contributed by atoms with Crippen molar-refractivity contribution in [3.63, 3.8) is 0 Å². The Labute approximate surface area is 178 Å². The van der Waals surface area contributed by atoms with E-state index in [0.717, 1.165) is 12.8 Å². The number of hydrogen-bond acceptors (Lipinski definition) is 5. The van der Waals surface area contributed by atoms with Crippen LogP contribution in [0.25, 0.3) is 11.2 Å². The van der Waals surface area contributed by atoms with Crippen molar-refractivity contribution in [1.82, 2.24) is 19.5 Å². The second-order valence-electron chi connectivity index (χ2n) is 10.1. The topological polar surface area (TPSA) is 73.1 Å². The minimum absolute atomic E-state index is 0.0491. The van der Waals surface area contributed by atoms with Gasteiger partial charge in [0.05, 0.1) is 24.6 Å². The molecule has 158 valence electrons. The molecule has 0 bridgehead atoms. The fourth-order valence-corrected chi connectivity index (χ4v) is 6.07. The largest absolute Gasteiger partial charge is 0.409 e. The number of halogens is 1. The molecule has 1 N–H and O–H groups in total. The maximum atomic E-state index is 11.4. The molecule has 2 heterocycles. The van der Waals surface area contributed by atoms with Crippen LogP contribution in [0.1, 0.15) is 46.6 Å². The summed E-state index contributed by atoms with van der Waals surface area (Å²) in [5.41, 5.74) is 2.52. The van der Waals surface area contributed by atoms with Crippen LogP contribution in [-0.4, -0.2) is 45.2 Å². The first-order valence-electron chi connectivity index (χ1n) is 10.4.